The van der Waals surface area contributed by atoms with Gasteiger partial charge in [-0.1, -0.05) is 42.5 Å². The first-order chi connectivity index (χ1) is 12.4. The van der Waals surface area contributed by atoms with Gasteiger partial charge in [-0.05, 0) is 36.6 Å². The van der Waals surface area contributed by atoms with Crippen molar-refractivity contribution in [1.82, 2.24) is 10.0 Å². The number of nitrogens with zero attached hydrogens (tertiary/aromatic N) is 1. The molecule has 1 saturated heterocycles. The van der Waals surface area contributed by atoms with Crippen LogP contribution in [-0.4, -0.2) is 33.8 Å². The van der Waals surface area contributed by atoms with Gasteiger partial charge in [0.2, 0.25) is 10.0 Å². The average Bonchev–Trinajstić information content (AvgIpc) is 3.09. The number of halogens is 1. The zero-order chi connectivity index (χ0) is 18.6. The van der Waals surface area contributed by atoms with Gasteiger partial charge >= 0.3 is 0 Å². The third kappa shape index (κ3) is 6.50. The van der Waals surface area contributed by atoms with Gasteiger partial charge in [-0.25, -0.2) is 13.1 Å². The summed E-state index contributed by atoms with van der Waals surface area (Å²) in [4.78, 5) is 2.42. The number of para-hydroxylation sites is 1. The molecule has 5 nitrogen and oxygen atoms in total. The van der Waals surface area contributed by atoms with Gasteiger partial charge < -0.3 is 10.2 Å². The van der Waals surface area contributed by atoms with Crippen molar-refractivity contribution in [3.8, 4) is 0 Å². The average molecular weight is 410 g/mol. The highest BCUT2D eigenvalue weighted by Gasteiger charge is 2.22. The van der Waals surface area contributed by atoms with Gasteiger partial charge in [0.15, 0.2) is 0 Å². The fourth-order valence-corrected chi connectivity index (χ4v) is 4.15. The lowest BCUT2D eigenvalue weighted by Gasteiger charge is -2.19. The second-order valence-electron chi connectivity index (χ2n) is 7.00. The van der Waals surface area contributed by atoms with Gasteiger partial charge in [-0.15, -0.1) is 12.4 Å². The molecule has 2 atom stereocenters. The molecule has 1 aliphatic heterocycles. The molecule has 27 heavy (non-hydrogen) atoms. The van der Waals surface area contributed by atoms with Crippen LogP contribution in [0.3, 0.4) is 0 Å². The van der Waals surface area contributed by atoms with E-state index in [1.165, 1.54) is 17.5 Å². The number of hydrogen-bond donors (Lipinski definition) is 2. The van der Waals surface area contributed by atoms with E-state index in [2.05, 4.69) is 51.3 Å². The van der Waals surface area contributed by atoms with E-state index in [1.807, 2.05) is 25.1 Å². The minimum atomic E-state index is -3.20. The Balaban J connectivity index is 0.00000261. The van der Waals surface area contributed by atoms with Crippen LogP contribution in [0.25, 0.3) is 0 Å². The van der Waals surface area contributed by atoms with Crippen LogP contribution in [0.4, 0.5) is 5.69 Å². The van der Waals surface area contributed by atoms with Crippen molar-refractivity contribution in [2.24, 2.45) is 0 Å². The second-order valence-corrected chi connectivity index (χ2v) is 8.78. The van der Waals surface area contributed by atoms with Crippen molar-refractivity contribution < 1.29 is 8.42 Å². The SMILES string of the molecule is C[C@@H](NS(C)(=O)=O)c1ccc(CNC2CCN(c3ccccc3)C2)cc1.Cl. The Bertz CT molecular complexity index is 813. The Morgan fingerprint density at radius 2 is 1.78 bits per heavy atom. The quantitative estimate of drug-likeness (QED) is 0.737. The number of sulfonamides is 1. The van der Waals surface area contributed by atoms with Gasteiger partial charge in [-0.2, -0.15) is 0 Å². The molecule has 1 heterocycles. The van der Waals surface area contributed by atoms with E-state index in [4.69, 9.17) is 0 Å². The molecule has 0 radical (unpaired) electrons. The maximum absolute atomic E-state index is 11.3. The molecule has 2 N–H and O–H groups in total. The lowest BCUT2D eigenvalue weighted by molar-refractivity contribution is 0.551. The predicted octanol–water partition coefficient (Wildman–Crippen LogP) is 3.09. The predicted molar refractivity (Wildman–Crippen MR) is 114 cm³/mol. The van der Waals surface area contributed by atoms with Crippen LogP contribution in [0.2, 0.25) is 0 Å². The second kappa shape index (κ2) is 9.55. The monoisotopic (exact) mass is 409 g/mol. The van der Waals surface area contributed by atoms with Crippen LogP contribution in [0.5, 0.6) is 0 Å². The zero-order valence-electron chi connectivity index (χ0n) is 15.8. The normalized spacial score (nSPS) is 18.1. The van der Waals surface area contributed by atoms with Gasteiger partial charge in [0.05, 0.1) is 6.26 Å². The van der Waals surface area contributed by atoms with Crippen LogP contribution < -0.4 is 14.9 Å². The van der Waals surface area contributed by atoms with Gasteiger partial charge in [0, 0.05) is 37.4 Å². The molecule has 0 spiro atoms. The maximum Gasteiger partial charge on any atom is 0.209 e. The minimum absolute atomic E-state index is 0. The summed E-state index contributed by atoms with van der Waals surface area (Å²) in [5.41, 5.74) is 3.46. The molecule has 148 valence electrons. The molecule has 2 aromatic rings. The number of benzene rings is 2. The van der Waals surface area contributed by atoms with E-state index in [9.17, 15) is 8.42 Å². The van der Waals surface area contributed by atoms with E-state index >= 15 is 0 Å². The summed E-state index contributed by atoms with van der Waals surface area (Å²) in [6, 6.07) is 18.9. The van der Waals surface area contributed by atoms with Crippen LogP contribution in [0.1, 0.15) is 30.5 Å². The third-order valence-corrected chi connectivity index (χ3v) is 5.56. The van der Waals surface area contributed by atoms with Crippen molar-refractivity contribution in [3.05, 3.63) is 65.7 Å². The smallest absolute Gasteiger partial charge is 0.209 e. The van der Waals surface area contributed by atoms with E-state index in [1.54, 1.807) is 0 Å². The summed E-state index contributed by atoms with van der Waals surface area (Å²) in [6.45, 7) is 4.78. The fourth-order valence-electron chi connectivity index (χ4n) is 3.38. The van der Waals surface area contributed by atoms with E-state index in [0.717, 1.165) is 31.6 Å². The molecule has 3 rings (SSSR count). The Morgan fingerprint density at radius 3 is 2.41 bits per heavy atom. The lowest BCUT2D eigenvalue weighted by Crippen LogP contribution is -2.32. The molecule has 2 aromatic carbocycles. The van der Waals surface area contributed by atoms with Crippen LogP contribution >= 0.6 is 12.4 Å². The zero-order valence-corrected chi connectivity index (χ0v) is 17.4. The standard InChI is InChI=1S/C20H27N3O2S.ClH/c1-16(22-26(2,24)25)18-10-8-17(9-11-18)14-21-19-12-13-23(15-19)20-6-4-3-5-7-20;/h3-11,16,19,21-22H,12-15H2,1-2H3;1H/t16-,19?;/m1./s1. The summed E-state index contributed by atoms with van der Waals surface area (Å²) < 4.78 is 25.3. The Hall–Kier alpha value is -1.60. The van der Waals surface area contributed by atoms with Crippen molar-refractivity contribution in [3.63, 3.8) is 0 Å². The summed E-state index contributed by atoms with van der Waals surface area (Å²) in [6.07, 6.45) is 2.32. The Kier molecular flexibility index (Phi) is 7.68. The maximum atomic E-state index is 11.3. The van der Waals surface area contributed by atoms with Crippen molar-refractivity contribution >= 4 is 28.1 Å². The summed E-state index contributed by atoms with van der Waals surface area (Å²) in [5, 5.41) is 3.63. The van der Waals surface area contributed by atoms with Crippen LogP contribution in [0, 0.1) is 0 Å². The van der Waals surface area contributed by atoms with Crippen molar-refractivity contribution in [1.29, 1.82) is 0 Å². The molecule has 0 aromatic heterocycles. The molecule has 0 amide bonds. The number of rotatable bonds is 7. The van der Waals surface area contributed by atoms with Crippen LogP contribution in [-0.2, 0) is 16.6 Å². The fraction of sp³-hybridized carbons (Fsp3) is 0.400. The first-order valence-corrected chi connectivity index (χ1v) is 10.9. The first kappa shape index (κ1) is 21.7. The van der Waals surface area contributed by atoms with Gasteiger partial charge in [0.25, 0.3) is 0 Å². The highest BCUT2D eigenvalue weighted by atomic mass is 35.5. The molecular formula is C20H28ClN3O2S. The highest BCUT2D eigenvalue weighted by Crippen LogP contribution is 2.20. The largest absolute Gasteiger partial charge is 0.370 e. The number of hydrogen-bond acceptors (Lipinski definition) is 4. The first-order valence-electron chi connectivity index (χ1n) is 9.00. The highest BCUT2D eigenvalue weighted by molar-refractivity contribution is 7.88. The number of nitrogens with one attached hydrogen (secondary N) is 2. The topological polar surface area (TPSA) is 61.4 Å². The molecule has 0 aliphatic carbocycles. The molecule has 0 saturated carbocycles. The molecular weight excluding hydrogens is 382 g/mol. The van der Waals surface area contributed by atoms with Crippen LogP contribution in [0.15, 0.2) is 54.6 Å². The van der Waals surface area contributed by atoms with E-state index in [0.29, 0.717) is 6.04 Å². The summed E-state index contributed by atoms with van der Waals surface area (Å²) in [5.74, 6) is 0. The molecule has 7 heteroatoms. The lowest BCUT2D eigenvalue weighted by atomic mass is 10.1. The Morgan fingerprint density at radius 1 is 1.11 bits per heavy atom. The minimum Gasteiger partial charge on any atom is -0.370 e. The molecule has 1 unspecified atom stereocenters. The summed E-state index contributed by atoms with van der Waals surface area (Å²) >= 11 is 0. The van der Waals surface area contributed by atoms with E-state index < -0.39 is 10.0 Å². The van der Waals surface area contributed by atoms with Crippen molar-refractivity contribution in [2.45, 2.75) is 32.0 Å². The van der Waals surface area contributed by atoms with Gasteiger partial charge in [0.1, 0.15) is 0 Å². The Labute approximate surface area is 168 Å². The van der Waals surface area contributed by atoms with Crippen molar-refractivity contribution in [2.75, 3.05) is 24.2 Å². The van der Waals surface area contributed by atoms with E-state index in [-0.39, 0.29) is 18.4 Å². The van der Waals surface area contributed by atoms with Gasteiger partial charge in [-0.3, -0.25) is 0 Å². The molecule has 1 aliphatic rings. The summed E-state index contributed by atoms with van der Waals surface area (Å²) in [7, 11) is -3.20. The molecule has 1 fully saturated rings. The third-order valence-electron chi connectivity index (χ3n) is 4.78. The molecule has 0 bridgehead atoms. The number of anilines is 1.